The van der Waals surface area contributed by atoms with E-state index in [1.54, 1.807) is 31.2 Å². The summed E-state index contributed by atoms with van der Waals surface area (Å²) in [4.78, 5) is 19.2. The molecule has 0 atom stereocenters. The monoisotopic (exact) mass is 462 g/mol. The highest BCUT2D eigenvalue weighted by atomic mass is 35.5. The molecule has 0 aliphatic heterocycles. The van der Waals surface area contributed by atoms with Gasteiger partial charge in [0.1, 0.15) is 12.3 Å². The number of carbonyl (C=O) groups excluding carboxylic acids is 1. The minimum absolute atomic E-state index is 0.00695. The summed E-state index contributed by atoms with van der Waals surface area (Å²) in [6.07, 6.45) is -2.66. The maximum Gasteiger partial charge on any atom is 0.432 e. The Morgan fingerprint density at radius 3 is 2.44 bits per heavy atom. The van der Waals surface area contributed by atoms with Crippen LogP contribution in [0.5, 0.6) is 0 Å². The highest BCUT2D eigenvalue weighted by Gasteiger charge is 2.33. The van der Waals surface area contributed by atoms with Crippen molar-refractivity contribution in [2.24, 2.45) is 0 Å². The molecule has 3 N–H and O–H groups in total. The van der Waals surface area contributed by atoms with Gasteiger partial charge in [-0.05, 0) is 42.8 Å². The van der Waals surface area contributed by atoms with Gasteiger partial charge in [-0.25, -0.2) is 9.78 Å². The maximum absolute atomic E-state index is 13.0. The fourth-order valence-electron chi connectivity index (χ4n) is 2.66. The normalized spacial score (nSPS) is 11.8. The minimum atomic E-state index is -4.82. The lowest BCUT2D eigenvalue weighted by atomic mass is 10.1. The average molecular weight is 463 g/mol. The first-order chi connectivity index (χ1) is 15.1. The molecule has 6 nitrogen and oxygen atoms in total. The molecule has 1 heterocycles. The van der Waals surface area contributed by atoms with Gasteiger partial charge in [0, 0.05) is 11.4 Å². The largest absolute Gasteiger partial charge is 0.456 e. The van der Waals surface area contributed by atoms with E-state index in [1.165, 1.54) is 30.6 Å². The van der Waals surface area contributed by atoms with E-state index >= 15 is 0 Å². The molecule has 1 aromatic heterocycles. The number of para-hydroxylation sites is 1. The van der Waals surface area contributed by atoms with Gasteiger partial charge in [0.15, 0.2) is 0 Å². The molecule has 2 aromatic carbocycles. The van der Waals surface area contributed by atoms with E-state index in [0.717, 1.165) is 5.69 Å². The van der Waals surface area contributed by atoms with Crippen LogP contribution in [0.25, 0.3) is 5.70 Å². The van der Waals surface area contributed by atoms with Crippen LogP contribution in [0, 0.1) is 12.3 Å². The number of benzene rings is 2. The number of ether oxygens (including phenoxy) is 1. The van der Waals surface area contributed by atoms with Crippen molar-refractivity contribution in [1.82, 2.24) is 9.97 Å². The van der Waals surface area contributed by atoms with Gasteiger partial charge in [-0.2, -0.15) is 13.2 Å². The first-order valence-corrected chi connectivity index (χ1v) is 9.68. The molecule has 0 amide bonds. The topological polar surface area (TPSA) is 90.9 Å². The molecule has 0 saturated heterocycles. The van der Waals surface area contributed by atoms with Crippen molar-refractivity contribution in [3.8, 4) is 0 Å². The highest BCUT2D eigenvalue weighted by molar-refractivity contribution is 6.33. The molecular formula is C22H18ClF3N4O2. The average Bonchev–Trinajstić information content (AvgIpc) is 3.17. The predicted molar refractivity (Wildman–Crippen MR) is 116 cm³/mol. The summed E-state index contributed by atoms with van der Waals surface area (Å²) in [6, 6.07) is 12.3. The molecule has 0 aliphatic rings. The predicted octanol–water partition coefficient (Wildman–Crippen LogP) is 5.76. The number of rotatable bonds is 7. The second kappa shape index (κ2) is 9.69. The van der Waals surface area contributed by atoms with Gasteiger partial charge in [-0.3, -0.25) is 5.41 Å². The van der Waals surface area contributed by atoms with Crippen molar-refractivity contribution >= 4 is 34.7 Å². The Hall–Kier alpha value is -3.59. The third kappa shape index (κ3) is 5.76. The SMILES string of the molecule is Cc1[nH]cnc1COC(=O)c1ccc(/C(=C/C(=N)C(F)(F)F)Nc2ccccc2Cl)cc1. The number of H-pyrrole nitrogens is 1. The summed E-state index contributed by atoms with van der Waals surface area (Å²) in [6.45, 7) is 1.78. The number of carbonyl (C=O) groups is 1. The lowest BCUT2D eigenvalue weighted by Crippen LogP contribution is -2.20. The minimum Gasteiger partial charge on any atom is -0.456 e. The van der Waals surface area contributed by atoms with Gasteiger partial charge in [0.05, 0.1) is 28.3 Å². The van der Waals surface area contributed by atoms with Crippen LogP contribution in [0.4, 0.5) is 18.9 Å². The van der Waals surface area contributed by atoms with Crippen LogP contribution in [0.2, 0.25) is 5.02 Å². The van der Waals surface area contributed by atoms with Crippen molar-refractivity contribution in [3.05, 3.63) is 88.5 Å². The van der Waals surface area contributed by atoms with Gasteiger partial charge < -0.3 is 15.0 Å². The molecule has 3 rings (SSSR count). The molecule has 0 saturated carbocycles. The number of anilines is 1. The van der Waals surface area contributed by atoms with Crippen LogP contribution in [-0.4, -0.2) is 27.8 Å². The zero-order valence-corrected chi connectivity index (χ0v) is 17.5. The highest BCUT2D eigenvalue weighted by Crippen LogP contribution is 2.27. The number of hydrogen-bond donors (Lipinski definition) is 3. The quantitative estimate of drug-likeness (QED) is 0.307. The molecule has 0 fully saturated rings. The number of nitrogens with one attached hydrogen (secondary N) is 3. The Bertz CT molecular complexity index is 1150. The summed E-state index contributed by atoms with van der Waals surface area (Å²) < 4.78 is 44.1. The Morgan fingerprint density at radius 2 is 1.84 bits per heavy atom. The van der Waals surface area contributed by atoms with E-state index in [4.69, 9.17) is 21.7 Å². The van der Waals surface area contributed by atoms with Crippen LogP contribution in [0.15, 0.2) is 60.9 Å². The summed E-state index contributed by atoms with van der Waals surface area (Å²) in [5, 5.41) is 10.5. The first kappa shape index (κ1) is 23.1. The van der Waals surface area contributed by atoms with Crippen LogP contribution in [0.3, 0.4) is 0 Å². The Balaban J connectivity index is 1.82. The number of nitrogens with zero attached hydrogens (tertiary/aromatic N) is 1. The summed E-state index contributed by atoms with van der Waals surface area (Å²) in [5.41, 5.74) is 0.727. The van der Waals surface area contributed by atoms with Crippen LogP contribution >= 0.6 is 11.6 Å². The molecule has 0 aliphatic carbocycles. The van der Waals surface area contributed by atoms with E-state index in [2.05, 4.69) is 15.3 Å². The smallest absolute Gasteiger partial charge is 0.432 e. The summed E-state index contributed by atoms with van der Waals surface area (Å²) in [5.74, 6) is -0.605. The van der Waals surface area contributed by atoms with E-state index in [9.17, 15) is 18.0 Å². The Kier molecular flexibility index (Phi) is 6.99. The molecule has 0 bridgehead atoms. The van der Waals surface area contributed by atoms with Crippen molar-refractivity contribution in [2.75, 3.05) is 5.32 Å². The van der Waals surface area contributed by atoms with Crippen LogP contribution in [-0.2, 0) is 11.3 Å². The number of esters is 1. The van der Waals surface area contributed by atoms with Gasteiger partial charge in [0.2, 0.25) is 0 Å². The second-order valence-electron chi connectivity index (χ2n) is 6.70. The first-order valence-electron chi connectivity index (χ1n) is 9.30. The van der Waals surface area contributed by atoms with Crippen molar-refractivity contribution < 1.29 is 22.7 Å². The fourth-order valence-corrected chi connectivity index (χ4v) is 2.84. The molecule has 10 heteroatoms. The van der Waals surface area contributed by atoms with Gasteiger partial charge >= 0.3 is 12.1 Å². The molecule has 166 valence electrons. The second-order valence-corrected chi connectivity index (χ2v) is 7.11. The number of imidazole rings is 1. The number of aromatic nitrogens is 2. The van der Waals surface area contributed by atoms with Gasteiger partial charge in [-0.1, -0.05) is 35.9 Å². The lowest BCUT2D eigenvalue weighted by Gasteiger charge is -2.15. The summed E-state index contributed by atoms with van der Waals surface area (Å²) >= 11 is 6.10. The van der Waals surface area contributed by atoms with E-state index in [-0.39, 0.29) is 17.9 Å². The molecule has 3 aromatic rings. The molecule has 32 heavy (non-hydrogen) atoms. The van der Waals surface area contributed by atoms with Crippen molar-refractivity contribution in [2.45, 2.75) is 19.7 Å². The number of aromatic amines is 1. The van der Waals surface area contributed by atoms with Gasteiger partial charge in [-0.15, -0.1) is 0 Å². The zero-order chi connectivity index (χ0) is 23.3. The van der Waals surface area contributed by atoms with Crippen LogP contribution in [0.1, 0.15) is 27.3 Å². The maximum atomic E-state index is 13.0. The van der Waals surface area contributed by atoms with Gasteiger partial charge in [0.25, 0.3) is 0 Å². The number of hydrogen-bond acceptors (Lipinski definition) is 5. The van der Waals surface area contributed by atoms with Crippen molar-refractivity contribution in [3.63, 3.8) is 0 Å². The molecular weight excluding hydrogens is 445 g/mol. The Labute approximate surface area is 186 Å². The van der Waals surface area contributed by atoms with E-state index in [1.807, 2.05) is 0 Å². The number of aryl methyl sites for hydroxylation is 1. The fraction of sp³-hybridized carbons (Fsp3) is 0.136. The Morgan fingerprint density at radius 1 is 1.19 bits per heavy atom. The zero-order valence-electron chi connectivity index (χ0n) is 16.8. The number of allylic oxidation sites excluding steroid dienone is 1. The number of halogens is 4. The lowest BCUT2D eigenvalue weighted by molar-refractivity contribution is -0.0583. The third-order valence-electron chi connectivity index (χ3n) is 4.44. The molecule has 0 unspecified atom stereocenters. The van der Waals surface area contributed by atoms with E-state index < -0.39 is 17.9 Å². The molecule has 0 spiro atoms. The van der Waals surface area contributed by atoms with E-state index in [0.29, 0.717) is 28.0 Å². The van der Waals surface area contributed by atoms with Crippen LogP contribution < -0.4 is 5.32 Å². The standard InChI is InChI=1S/C22H18ClF3N4O2/c1-13-19(29-12-28-13)11-32-21(31)15-8-6-14(7-9-15)18(10-20(27)22(24,25)26)30-17-5-3-2-4-16(17)23/h2-10,12,27,30H,11H2,1H3,(H,28,29)/b18-10-,27-20?. The van der Waals surface area contributed by atoms with Crippen molar-refractivity contribution in [1.29, 1.82) is 5.41 Å². The number of alkyl halides is 3. The third-order valence-corrected chi connectivity index (χ3v) is 4.77. The molecule has 0 radical (unpaired) electrons. The summed E-state index contributed by atoms with van der Waals surface area (Å²) in [7, 11) is 0.